The molecule has 0 bridgehead atoms. The van der Waals surface area contributed by atoms with Crippen LogP contribution in [-0.4, -0.2) is 26.2 Å². The van der Waals surface area contributed by atoms with E-state index in [1.165, 1.54) is 12.1 Å². The fraction of sp³-hybridized carbons (Fsp3) is 0.368. The van der Waals surface area contributed by atoms with Gasteiger partial charge in [0, 0.05) is 26.2 Å². The first-order chi connectivity index (χ1) is 11.6. The molecule has 0 radical (unpaired) electrons. The van der Waals surface area contributed by atoms with E-state index in [1.54, 1.807) is 4.90 Å². The molecule has 1 aliphatic rings. The topological polar surface area (TPSA) is 24.5 Å². The van der Waals surface area contributed by atoms with Gasteiger partial charge < -0.3 is 15.0 Å². The van der Waals surface area contributed by atoms with Gasteiger partial charge in [-0.15, -0.1) is 0 Å². The fourth-order valence-electron chi connectivity index (χ4n) is 2.90. The van der Waals surface area contributed by atoms with Crippen LogP contribution in [0, 0.1) is 11.6 Å². The highest BCUT2D eigenvalue weighted by molar-refractivity contribution is 5.51. The lowest BCUT2D eigenvalue weighted by Crippen LogP contribution is -2.44. The van der Waals surface area contributed by atoms with Crippen molar-refractivity contribution in [1.82, 2.24) is 5.32 Å². The van der Waals surface area contributed by atoms with Crippen LogP contribution < -0.4 is 10.2 Å². The van der Waals surface area contributed by atoms with Gasteiger partial charge in [0.15, 0.2) is 0 Å². The Morgan fingerprint density at radius 1 is 1.08 bits per heavy atom. The summed E-state index contributed by atoms with van der Waals surface area (Å²) in [5.41, 5.74) is 1.61. The Kier molecular flexibility index (Phi) is 5.43. The van der Waals surface area contributed by atoms with Crippen molar-refractivity contribution in [2.75, 3.05) is 31.1 Å². The molecular weight excluding hydrogens is 310 g/mol. The lowest BCUT2D eigenvalue weighted by atomic mass is 10.1. The summed E-state index contributed by atoms with van der Waals surface area (Å²) in [6.07, 6.45) is -0.383. The van der Waals surface area contributed by atoms with Gasteiger partial charge in [0.05, 0.1) is 12.7 Å². The minimum Gasteiger partial charge on any atom is -0.369 e. The van der Waals surface area contributed by atoms with Crippen LogP contribution in [0.15, 0.2) is 42.5 Å². The monoisotopic (exact) mass is 332 g/mol. The molecule has 3 rings (SSSR count). The molecule has 24 heavy (non-hydrogen) atoms. The lowest BCUT2D eigenvalue weighted by molar-refractivity contribution is 0.0522. The number of ether oxygens (including phenoxy) is 1. The van der Waals surface area contributed by atoms with Crippen LogP contribution in [0.1, 0.15) is 24.2 Å². The van der Waals surface area contributed by atoms with Gasteiger partial charge in [-0.1, -0.05) is 30.3 Å². The summed E-state index contributed by atoms with van der Waals surface area (Å²) < 4.78 is 34.7. The molecule has 1 fully saturated rings. The number of hydrogen-bond acceptors (Lipinski definition) is 3. The molecule has 1 N–H and O–H groups in total. The maximum absolute atomic E-state index is 14.5. The van der Waals surface area contributed by atoms with Crippen LogP contribution in [0.5, 0.6) is 0 Å². The number of halogens is 2. The predicted molar refractivity (Wildman–Crippen MR) is 91.1 cm³/mol. The van der Waals surface area contributed by atoms with Crippen LogP contribution in [0.2, 0.25) is 0 Å². The number of nitrogens with one attached hydrogen (secondary N) is 1. The van der Waals surface area contributed by atoms with Gasteiger partial charge in [-0.3, -0.25) is 0 Å². The summed E-state index contributed by atoms with van der Waals surface area (Å²) in [6.45, 7) is 4.89. The van der Waals surface area contributed by atoms with Crippen molar-refractivity contribution < 1.29 is 13.5 Å². The molecule has 0 aliphatic carbocycles. The highest BCUT2D eigenvalue weighted by Gasteiger charge is 2.21. The first-order valence-corrected chi connectivity index (χ1v) is 8.25. The van der Waals surface area contributed by atoms with Gasteiger partial charge in [0.1, 0.15) is 17.3 Å². The minimum atomic E-state index is -0.526. The number of hydrogen-bond donors (Lipinski definition) is 1. The average molecular weight is 332 g/mol. The van der Waals surface area contributed by atoms with E-state index in [0.717, 1.165) is 18.7 Å². The van der Waals surface area contributed by atoms with Crippen molar-refractivity contribution in [1.29, 1.82) is 0 Å². The summed E-state index contributed by atoms with van der Waals surface area (Å²) in [5, 5.41) is 3.18. The van der Waals surface area contributed by atoms with Crippen LogP contribution >= 0.6 is 0 Å². The highest BCUT2D eigenvalue weighted by atomic mass is 19.1. The third-order valence-electron chi connectivity index (χ3n) is 4.28. The normalized spacial score (nSPS) is 16.2. The Labute approximate surface area is 141 Å². The SMILES string of the molecule is CC(OCc1ccccc1)c1cc(F)c(N2CCNCC2)c(F)c1. The molecule has 3 nitrogen and oxygen atoms in total. The summed E-state index contributed by atoms with van der Waals surface area (Å²) in [5.74, 6) is -1.05. The highest BCUT2D eigenvalue weighted by Crippen LogP contribution is 2.29. The molecule has 1 unspecified atom stereocenters. The predicted octanol–water partition coefficient (Wildman–Crippen LogP) is 3.65. The number of rotatable bonds is 5. The van der Waals surface area contributed by atoms with E-state index in [1.807, 2.05) is 37.3 Å². The third-order valence-corrected chi connectivity index (χ3v) is 4.28. The molecule has 0 aromatic heterocycles. The van der Waals surface area contributed by atoms with Crippen molar-refractivity contribution in [2.24, 2.45) is 0 Å². The molecule has 2 aromatic carbocycles. The smallest absolute Gasteiger partial charge is 0.149 e. The zero-order valence-electron chi connectivity index (χ0n) is 13.8. The van der Waals surface area contributed by atoms with Gasteiger partial charge in [-0.2, -0.15) is 0 Å². The van der Waals surface area contributed by atoms with E-state index in [-0.39, 0.29) is 11.8 Å². The second-order valence-corrected chi connectivity index (χ2v) is 6.01. The van der Waals surface area contributed by atoms with Gasteiger partial charge >= 0.3 is 0 Å². The van der Waals surface area contributed by atoms with Crippen molar-refractivity contribution in [3.05, 3.63) is 65.2 Å². The van der Waals surface area contributed by atoms with E-state index in [4.69, 9.17) is 4.74 Å². The number of nitrogens with zero attached hydrogens (tertiary/aromatic N) is 1. The Morgan fingerprint density at radius 2 is 1.71 bits per heavy atom. The quantitative estimate of drug-likeness (QED) is 0.904. The molecule has 1 heterocycles. The fourth-order valence-corrected chi connectivity index (χ4v) is 2.90. The maximum atomic E-state index is 14.5. The molecule has 5 heteroatoms. The standard InChI is InChI=1S/C19H22F2N2O/c1-14(24-13-15-5-3-2-4-6-15)16-11-17(20)19(18(21)12-16)23-9-7-22-8-10-23/h2-6,11-12,14,22H,7-10,13H2,1H3. The van der Waals surface area contributed by atoms with Gasteiger partial charge in [-0.05, 0) is 30.2 Å². The Morgan fingerprint density at radius 3 is 2.33 bits per heavy atom. The van der Waals surface area contributed by atoms with Crippen LogP contribution in [0.3, 0.4) is 0 Å². The largest absolute Gasteiger partial charge is 0.369 e. The number of benzene rings is 2. The molecule has 1 saturated heterocycles. The van der Waals surface area contributed by atoms with Crippen LogP contribution in [-0.2, 0) is 11.3 Å². The summed E-state index contributed by atoms with van der Waals surface area (Å²) >= 11 is 0. The van der Waals surface area contributed by atoms with Gasteiger partial charge in [0.2, 0.25) is 0 Å². The molecule has 0 saturated carbocycles. The zero-order chi connectivity index (χ0) is 16.9. The summed E-state index contributed by atoms with van der Waals surface area (Å²) in [4.78, 5) is 1.75. The number of anilines is 1. The Balaban J connectivity index is 1.71. The van der Waals surface area contributed by atoms with Crippen molar-refractivity contribution in [3.8, 4) is 0 Å². The molecule has 0 amide bonds. The first-order valence-electron chi connectivity index (χ1n) is 8.25. The van der Waals surface area contributed by atoms with E-state index in [2.05, 4.69) is 5.32 Å². The van der Waals surface area contributed by atoms with Crippen molar-refractivity contribution >= 4 is 5.69 Å². The molecule has 2 aromatic rings. The molecule has 1 atom stereocenters. The second-order valence-electron chi connectivity index (χ2n) is 6.01. The zero-order valence-corrected chi connectivity index (χ0v) is 13.8. The Hall–Kier alpha value is -1.98. The maximum Gasteiger partial charge on any atom is 0.149 e. The second kappa shape index (κ2) is 7.73. The lowest BCUT2D eigenvalue weighted by Gasteiger charge is -2.30. The molecule has 0 spiro atoms. The van der Waals surface area contributed by atoms with E-state index < -0.39 is 11.6 Å². The summed E-state index contributed by atoms with van der Waals surface area (Å²) in [7, 11) is 0. The Bertz CT molecular complexity index is 649. The molecule has 128 valence electrons. The van der Waals surface area contributed by atoms with Crippen molar-refractivity contribution in [3.63, 3.8) is 0 Å². The van der Waals surface area contributed by atoms with Crippen LogP contribution in [0.25, 0.3) is 0 Å². The first kappa shape index (κ1) is 16.9. The molecular formula is C19H22F2N2O. The van der Waals surface area contributed by atoms with Crippen LogP contribution in [0.4, 0.5) is 14.5 Å². The molecule has 1 aliphatic heterocycles. The van der Waals surface area contributed by atoms with Crippen molar-refractivity contribution in [2.45, 2.75) is 19.6 Å². The van der Waals surface area contributed by atoms with E-state index in [9.17, 15) is 8.78 Å². The summed E-state index contributed by atoms with van der Waals surface area (Å²) in [6, 6.07) is 12.5. The van der Waals surface area contributed by atoms with E-state index >= 15 is 0 Å². The number of piperazine rings is 1. The third kappa shape index (κ3) is 3.91. The van der Waals surface area contributed by atoms with Gasteiger partial charge in [-0.25, -0.2) is 8.78 Å². The van der Waals surface area contributed by atoms with Gasteiger partial charge in [0.25, 0.3) is 0 Å². The minimum absolute atomic E-state index is 0.0653. The van der Waals surface area contributed by atoms with E-state index in [0.29, 0.717) is 25.3 Å². The average Bonchev–Trinajstić information content (AvgIpc) is 2.61.